The molecule has 9 aromatic rings. The Morgan fingerprint density at radius 2 is 0.851 bits per heavy atom. The van der Waals surface area contributed by atoms with Gasteiger partial charge in [0.1, 0.15) is 11.5 Å². The molecule has 0 aliphatic heterocycles. The number of para-hydroxylation sites is 1. The highest BCUT2D eigenvalue weighted by atomic mass is 15.1. The van der Waals surface area contributed by atoms with Crippen molar-refractivity contribution in [3.8, 4) is 56.7 Å². The molecule has 9 rings (SSSR count). The average molecular weight is 602 g/mol. The number of aromatic nitrogens is 5. The molecule has 0 aliphatic carbocycles. The Morgan fingerprint density at radius 1 is 0.340 bits per heavy atom. The van der Waals surface area contributed by atoms with E-state index in [4.69, 9.17) is 19.9 Å². The van der Waals surface area contributed by atoms with E-state index in [0.717, 1.165) is 72.4 Å². The lowest BCUT2D eigenvalue weighted by molar-refractivity contribution is 1.05. The summed E-state index contributed by atoms with van der Waals surface area (Å²) in [6.45, 7) is 0. The number of rotatable bonds is 5. The Bertz CT molecular complexity index is 2540. The second kappa shape index (κ2) is 11.2. The summed E-state index contributed by atoms with van der Waals surface area (Å²) in [6.07, 6.45) is 0. The van der Waals surface area contributed by atoms with Gasteiger partial charge in [-0.1, -0.05) is 158 Å². The summed E-state index contributed by atoms with van der Waals surface area (Å²) in [7, 11) is 0. The van der Waals surface area contributed by atoms with Gasteiger partial charge in [0.25, 0.3) is 0 Å². The van der Waals surface area contributed by atoms with E-state index in [9.17, 15) is 0 Å². The van der Waals surface area contributed by atoms with E-state index in [-0.39, 0.29) is 0 Å². The molecule has 0 saturated carbocycles. The summed E-state index contributed by atoms with van der Waals surface area (Å²) in [5.41, 5.74) is 8.84. The number of benzene rings is 6. The van der Waals surface area contributed by atoms with E-state index >= 15 is 0 Å². The zero-order valence-electron chi connectivity index (χ0n) is 25.3. The summed E-state index contributed by atoms with van der Waals surface area (Å²) < 4.78 is 2.21. The molecule has 0 saturated heterocycles. The monoisotopic (exact) mass is 601 g/mol. The predicted octanol–water partition coefficient (Wildman–Crippen LogP) is 10.2. The van der Waals surface area contributed by atoms with Crippen LogP contribution in [0.25, 0.3) is 84.0 Å². The highest BCUT2D eigenvalue weighted by Gasteiger charge is 2.21. The average Bonchev–Trinajstić information content (AvgIpc) is 3.49. The van der Waals surface area contributed by atoms with Crippen molar-refractivity contribution in [1.29, 1.82) is 0 Å². The van der Waals surface area contributed by atoms with Gasteiger partial charge in [0, 0.05) is 38.4 Å². The summed E-state index contributed by atoms with van der Waals surface area (Å²) in [6, 6.07) is 56.0. The normalized spacial score (nSPS) is 11.4. The van der Waals surface area contributed by atoms with Gasteiger partial charge in [0.05, 0.1) is 16.9 Å². The first-order chi connectivity index (χ1) is 23.3. The zero-order chi connectivity index (χ0) is 31.2. The quantitative estimate of drug-likeness (QED) is 0.197. The second-order valence-electron chi connectivity index (χ2n) is 11.5. The molecule has 0 radical (unpaired) electrons. The summed E-state index contributed by atoms with van der Waals surface area (Å²) >= 11 is 0. The molecule has 3 aromatic heterocycles. The fraction of sp³-hybridized carbons (Fsp3) is 0. The molecule has 0 atom stereocenters. The Kier molecular flexibility index (Phi) is 6.39. The number of hydrogen-bond donors (Lipinski definition) is 0. The molecule has 0 bridgehead atoms. The molecule has 0 unspecified atom stereocenters. The maximum atomic E-state index is 5.24. The van der Waals surface area contributed by atoms with Gasteiger partial charge in [-0.15, -0.1) is 0 Å². The van der Waals surface area contributed by atoms with Crippen molar-refractivity contribution in [2.24, 2.45) is 0 Å². The Labute approximate surface area is 271 Å². The SMILES string of the molecule is c1ccc(-c2nc(-c3ccc(-c4nc(-c5ccccc5)n5c(-c6ccccc6)c6ccccc6c5n4)cc3)nc3ccccc23)cc1. The predicted molar refractivity (Wildman–Crippen MR) is 191 cm³/mol. The Hall–Kier alpha value is -6.46. The van der Waals surface area contributed by atoms with Crippen molar-refractivity contribution in [3.05, 3.63) is 164 Å². The first-order valence-electron chi connectivity index (χ1n) is 15.7. The van der Waals surface area contributed by atoms with Crippen LogP contribution < -0.4 is 0 Å². The van der Waals surface area contributed by atoms with Gasteiger partial charge in [-0.2, -0.15) is 0 Å². The fourth-order valence-corrected chi connectivity index (χ4v) is 6.40. The van der Waals surface area contributed by atoms with Crippen LogP contribution in [-0.4, -0.2) is 24.3 Å². The third-order valence-corrected chi connectivity index (χ3v) is 8.62. The van der Waals surface area contributed by atoms with Crippen molar-refractivity contribution in [2.45, 2.75) is 0 Å². The van der Waals surface area contributed by atoms with Crippen LogP contribution >= 0.6 is 0 Å². The molecule has 47 heavy (non-hydrogen) atoms. The van der Waals surface area contributed by atoms with Crippen LogP contribution in [0.1, 0.15) is 0 Å². The number of nitrogens with zero attached hydrogens (tertiary/aromatic N) is 5. The van der Waals surface area contributed by atoms with E-state index in [2.05, 4.69) is 120 Å². The lowest BCUT2D eigenvalue weighted by atomic mass is 10.1. The summed E-state index contributed by atoms with van der Waals surface area (Å²) in [5.74, 6) is 2.19. The molecule has 3 heterocycles. The third-order valence-electron chi connectivity index (χ3n) is 8.62. The zero-order valence-corrected chi connectivity index (χ0v) is 25.3. The van der Waals surface area contributed by atoms with Crippen molar-refractivity contribution in [1.82, 2.24) is 24.3 Å². The second-order valence-corrected chi connectivity index (χ2v) is 11.5. The molecule has 0 N–H and O–H groups in total. The highest BCUT2D eigenvalue weighted by Crippen LogP contribution is 2.38. The number of hydrogen-bond acceptors (Lipinski definition) is 4. The molecule has 0 spiro atoms. The van der Waals surface area contributed by atoms with E-state index in [1.807, 2.05) is 48.5 Å². The van der Waals surface area contributed by atoms with Gasteiger partial charge in [-0.3, -0.25) is 4.40 Å². The lowest BCUT2D eigenvalue weighted by Gasteiger charge is -2.12. The lowest BCUT2D eigenvalue weighted by Crippen LogP contribution is -2.03. The Balaban J connectivity index is 1.22. The van der Waals surface area contributed by atoms with Crippen molar-refractivity contribution < 1.29 is 0 Å². The topological polar surface area (TPSA) is 56.0 Å². The summed E-state index contributed by atoms with van der Waals surface area (Å²) in [4.78, 5) is 20.5. The van der Waals surface area contributed by atoms with Gasteiger partial charge >= 0.3 is 0 Å². The number of fused-ring (bicyclic) bond motifs is 4. The molecular weight excluding hydrogens is 574 g/mol. The van der Waals surface area contributed by atoms with Crippen LogP contribution in [0.2, 0.25) is 0 Å². The molecule has 0 fully saturated rings. The largest absolute Gasteiger partial charge is 0.277 e. The first kappa shape index (κ1) is 26.9. The van der Waals surface area contributed by atoms with Crippen LogP contribution in [0.15, 0.2) is 164 Å². The molecular formula is C42H27N5. The van der Waals surface area contributed by atoms with Gasteiger partial charge in [0.2, 0.25) is 0 Å². The van der Waals surface area contributed by atoms with Gasteiger partial charge in [-0.05, 0) is 11.6 Å². The molecule has 5 heteroatoms. The molecule has 6 aromatic carbocycles. The third kappa shape index (κ3) is 4.64. The highest BCUT2D eigenvalue weighted by molar-refractivity contribution is 6.06. The van der Waals surface area contributed by atoms with Crippen LogP contribution in [0.3, 0.4) is 0 Å². The van der Waals surface area contributed by atoms with Crippen LogP contribution in [0.4, 0.5) is 0 Å². The van der Waals surface area contributed by atoms with Crippen molar-refractivity contribution >= 4 is 27.3 Å². The smallest absolute Gasteiger partial charge is 0.163 e. The maximum Gasteiger partial charge on any atom is 0.163 e. The van der Waals surface area contributed by atoms with E-state index in [0.29, 0.717) is 11.6 Å². The van der Waals surface area contributed by atoms with Gasteiger partial charge < -0.3 is 0 Å². The standard InChI is InChI=1S/C42H27N5/c1-4-14-28(15-5-1)37-35-22-12-13-23-36(35)43-39(44-37)30-24-26-31(27-25-30)40-45-41(32-18-8-3-9-19-32)47-38(29-16-6-2-7-17-29)33-20-10-11-21-34(33)42(47)46-40/h1-27H. The first-order valence-corrected chi connectivity index (χ1v) is 15.7. The molecule has 0 aliphatic rings. The maximum absolute atomic E-state index is 5.24. The van der Waals surface area contributed by atoms with Crippen molar-refractivity contribution in [2.75, 3.05) is 0 Å². The molecule has 220 valence electrons. The van der Waals surface area contributed by atoms with E-state index < -0.39 is 0 Å². The Morgan fingerprint density at radius 3 is 1.51 bits per heavy atom. The van der Waals surface area contributed by atoms with Gasteiger partial charge in [0.15, 0.2) is 11.6 Å². The van der Waals surface area contributed by atoms with Crippen LogP contribution in [0, 0.1) is 0 Å². The molecule has 5 nitrogen and oxygen atoms in total. The van der Waals surface area contributed by atoms with Crippen LogP contribution in [-0.2, 0) is 0 Å². The van der Waals surface area contributed by atoms with Crippen LogP contribution in [0.5, 0.6) is 0 Å². The minimum absolute atomic E-state index is 0.662. The summed E-state index contributed by atoms with van der Waals surface area (Å²) in [5, 5.41) is 3.26. The van der Waals surface area contributed by atoms with E-state index in [1.165, 1.54) is 0 Å². The minimum atomic E-state index is 0.662. The van der Waals surface area contributed by atoms with Gasteiger partial charge in [-0.25, -0.2) is 19.9 Å². The van der Waals surface area contributed by atoms with E-state index in [1.54, 1.807) is 0 Å². The fourth-order valence-electron chi connectivity index (χ4n) is 6.40. The molecule has 0 amide bonds. The minimum Gasteiger partial charge on any atom is -0.277 e. The van der Waals surface area contributed by atoms with Crippen molar-refractivity contribution in [3.63, 3.8) is 0 Å².